The van der Waals surface area contributed by atoms with Gasteiger partial charge in [0, 0.05) is 0 Å². The molecule has 24 heavy (non-hydrogen) atoms. The molecule has 0 heterocycles. The van der Waals surface area contributed by atoms with Gasteiger partial charge in [-0.05, 0) is 58.9 Å². The molecule has 130 valence electrons. The van der Waals surface area contributed by atoms with Gasteiger partial charge in [0.25, 0.3) is 0 Å². The zero-order chi connectivity index (χ0) is 18.3. The number of benzene rings is 2. The van der Waals surface area contributed by atoms with Crippen LogP contribution in [0.2, 0.25) is 0 Å². The summed E-state index contributed by atoms with van der Waals surface area (Å²) in [6, 6.07) is 11.0. The van der Waals surface area contributed by atoms with Crippen LogP contribution in [0.5, 0.6) is 5.75 Å². The van der Waals surface area contributed by atoms with Crippen LogP contribution in [0.1, 0.15) is 74.9 Å². The van der Waals surface area contributed by atoms with Gasteiger partial charge in [-0.15, -0.1) is 0 Å². The minimum Gasteiger partial charge on any atom is -0.507 e. The van der Waals surface area contributed by atoms with Crippen molar-refractivity contribution in [1.82, 2.24) is 0 Å². The van der Waals surface area contributed by atoms with Gasteiger partial charge in [0.15, 0.2) is 0 Å². The first kappa shape index (κ1) is 18.6. The number of hydrogen-bond acceptors (Lipinski definition) is 1. The minimum atomic E-state index is -0.0809. The SMILES string of the molecule is Cc1ccc(Cc2cc(C(C)(C)C)c(O)c(C(C)(C)C)c2)c(C)c1. The smallest absolute Gasteiger partial charge is 0.123 e. The van der Waals surface area contributed by atoms with E-state index >= 15 is 0 Å². The summed E-state index contributed by atoms with van der Waals surface area (Å²) < 4.78 is 0. The lowest BCUT2D eigenvalue weighted by Gasteiger charge is -2.28. The number of aromatic hydroxyl groups is 1. The van der Waals surface area contributed by atoms with E-state index < -0.39 is 0 Å². The Bertz CT molecular complexity index is 705. The van der Waals surface area contributed by atoms with Crippen molar-refractivity contribution in [3.63, 3.8) is 0 Å². The molecule has 0 aromatic heterocycles. The average Bonchev–Trinajstić information content (AvgIpc) is 2.41. The van der Waals surface area contributed by atoms with Gasteiger partial charge in [-0.25, -0.2) is 0 Å². The van der Waals surface area contributed by atoms with Crippen molar-refractivity contribution in [3.05, 3.63) is 63.7 Å². The quantitative estimate of drug-likeness (QED) is 0.698. The van der Waals surface area contributed by atoms with Gasteiger partial charge in [0.2, 0.25) is 0 Å². The maximum Gasteiger partial charge on any atom is 0.123 e. The molecule has 0 saturated carbocycles. The Balaban J connectivity index is 2.58. The molecule has 1 nitrogen and oxygen atoms in total. The Morgan fingerprint density at radius 3 is 1.71 bits per heavy atom. The number of phenolic OH excluding ortho intramolecular Hbond substituents is 1. The van der Waals surface area contributed by atoms with Crippen molar-refractivity contribution >= 4 is 0 Å². The molecule has 0 aliphatic heterocycles. The second-order valence-corrected chi connectivity index (χ2v) is 9.15. The normalized spacial score (nSPS) is 12.5. The van der Waals surface area contributed by atoms with Crippen LogP contribution in [-0.2, 0) is 17.3 Å². The fourth-order valence-corrected chi connectivity index (χ4v) is 3.20. The molecule has 0 bridgehead atoms. The molecule has 0 aliphatic carbocycles. The molecular weight excluding hydrogens is 292 g/mol. The van der Waals surface area contributed by atoms with Gasteiger partial charge in [0.1, 0.15) is 5.75 Å². The van der Waals surface area contributed by atoms with Gasteiger partial charge in [-0.3, -0.25) is 0 Å². The zero-order valence-electron chi connectivity index (χ0n) is 16.5. The number of phenols is 1. The summed E-state index contributed by atoms with van der Waals surface area (Å²) in [4.78, 5) is 0. The lowest BCUT2D eigenvalue weighted by Crippen LogP contribution is -2.18. The van der Waals surface area contributed by atoms with Crippen molar-refractivity contribution < 1.29 is 5.11 Å². The van der Waals surface area contributed by atoms with E-state index in [1.54, 1.807) is 0 Å². The summed E-state index contributed by atoms with van der Waals surface area (Å²) in [6.45, 7) is 17.3. The summed E-state index contributed by atoms with van der Waals surface area (Å²) in [5.41, 5.74) is 7.17. The fraction of sp³-hybridized carbons (Fsp3) is 0.478. The predicted octanol–water partition coefficient (Wildman–Crippen LogP) is 6.19. The van der Waals surface area contributed by atoms with Crippen LogP contribution in [0.25, 0.3) is 0 Å². The Kier molecular flexibility index (Phi) is 4.86. The van der Waals surface area contributed by atoms with Gasteiger partial charge >= 0.3 is 0 Å². The second-order valence-electron chi connectivity index (χ2n) is 9.15. The molecule has 0 atom stereocenters. The summed E-state index contributed by atoms with van der Waals surface area (Å²) >= 11 is 0. The van der Waals surface area contributed by atoms with Crippen molar-refractivity contribution in [2.24, 2.45) is 0 Å². The molecule has 1 heteroatoms. The van der Waals surface area contributed by atoms with Gasteiger partial charge in [-0.1, -0.05) is 77.4 Å². The van der Waals surface area contributed by atoms with Crippen LogP contribution in [-0.4, -0.2) is 5.11 Å². The number of aryl methyl sites for hydroxylation is 2. The zero-order valence-corrected chi connectivity index (χ0v) is 16.5. The van der Waals surface area contributed by atoms with E-state index in [1.807, 2.05) is 0 Å². The monoisotopic (exact) mass is 324 g/mol. The van der Waals surface area contributed by atoms with E-state index in [-0.39, 0.29) is 10.8 Å². The maximum atomic E-state index is 10.8. The van der Waals surface area contributed by atoms with Crippen LogP contribution in [0.3, 0.4) is 0 Å². The third kappa shape index (κ3) is 4.01. The van der Waals surface area contributed by atoms with Gasteiger partial charge in [-0.2, -0.15) is 0 Å². The molecule has 0 spiro atoms. The lowest BCUT2D eigenvalue weighted by molar-refractivity contribution is 0.423. The van der Waals surface area contributed by atoms with Gasteiger partial charge < -0.3 is 5.11 Å². The highest BCUT2D eigenvalue weighted by molar-refractivity contribution is 5.51. The molecule has 2 rings (SSSR count). The number of hydrogen-bond donors (Lipinski definition) is 1. The summed E-state index contributed by atoms with van der Waals surface area (Å²) in [7, 11) is 0. The van der Waals surface area contributed by atoms with Gasteiger partial charge in [0.05, 0.1) is 0 Å². The van der Waals surface area contributed by atoms with Crippen LogP contribution in [0.4, 0.5) is 0 Å². The molecule has 0 radical (unpaired) electrons. The largest absolute Gasteiger partial charge is 0.507 e. The molecule has 0 fully saturated rings. The van der Waals surface area contributed by atoms with Crippen molar-refractivity contribution in [2.75, 3.05) is 0 Å². The third-order valence-corrected chi connectivity index (χ3v) is 4.68. The van der Waals surface area contributed by atoms with Crippen LogP contribution >= 0.6 is 0 Å². The van der Waals surface area contributed by atoms with E-state index in [4.69, 9.17) is 0 Å². The van der Waals surface area contributed by atoms with Crippen LogP contribution < -0.4 is 0 Å². The molecule has 2 aromatic carbocycles. The van der Waals surface area contributed by atoms with E-state index in [0.717, 1.165) is 17.5 Å². The molecule has 0 saturated heterocycles. The van der Waals surface area contributed by atoms with E-state index in [9.17, 15) is 5.11 Å². The van der Waals surface area contributed by atoms with Crippen molar-refractivity contribution in [3.8, 4) is 5.75 Å². The summed E-state index contributed by atoms with van der Waals surface area (Å²) in [5.74, 6) is 0.458. The first-order valence-electron chi connectivity index (χ1n) is 8.82. The fourth-order valence-electron chi connectivity index (χ4n) is 3.20. The Morgan fingerprint density at radius 2 is 1.29 bits per heavy atom. The van der Waals surface area contributed by atoms with Crippen LogP contribution in [0, 0.1) is 13.8 Å². The highest BCUT2D eigenvalue weighted by atomic mass is 16.3. The van der Waals surface area contributed by atoms with Crippen molar-refractivity contribution in [1.29, 1.82) is 0 Å². The Labute approximate surface area is 147 Å². The second kappa shape index (κ2) is 6.27. The Hall–Kier alpha value is -1.76. The first-order valence-corrected chi connectivity index (χ1v) is 8.82. The highest BCUT2D eigenvalue weighted by Gasteiger charge is 2.26. The molecule has 2 aromatic rings. The van der Waals surface area contributed by atoms with Crippen molar-refractivity contribution in [2.45, 2.75) is 72.6 Å². The average molecular weight is 325 g/mol. The third-order valence-electron chi connectivity index (χ3n) is 4.68. The lowest BCUT2D eigenvalue weighted by atomic mass is 9.78. The topological polar surface area (TPSA) is 20.2 Å². The van der Waals surface area contributed by atoms with E-state index in [1.165, 1.54) is 22.3 Å². The number of rotatable bonds is 2. The van der Waals surface area contributed by atoms with E-state index in [0.29, 0.717) is 5.75 Å². The first-order chi connectivity index (χ1) is 10.9. The molecule has 0 unspecified atom stereocenters. The Morgan fingerprint density at radius 1 is 0.792 bits per heavy atom. The standard InChI is InChI=1S/C23H32O/c1-15-9-10-18(16(2)11-15)12-17-13-19(22(3,4)5)21(24)20(14-17)23(6,7)8/h9-11,13-14,24H,12H2,1-8H3. The molecule has 0 amide bonds. The molecule has 1 N–H and O–H groups in total. The maximum absolute atomic E-state index is 10.8. The minimum absolute atomic E-state index is 0.0809. The molecule has 0 aliphatic rings. The summed E-state index contributed by atoms with van der Waals surface area (Å²) in [6.07, 6.45) is 0.901. The van der Waals surface area contributed by atoms with E-state index in [2.05, 4.69) is 85.7 Å². The predicted molar refractivity (Wildman–Crippen MR) is 104 cm³/mol. The molecular formula is C23H32O. The highest BCUT2D eigenvalue weighted by Crippen LogP contribution is 2.40. The van der Waals surface area contributed by atoms with Crippen LogP contribution in [0.15, 0.2) is 30.3 Å². The summed E-state index contributed by atoms with van der Waals surface area (Å²) in [5, 5.41) is 10.8.